The predicted molar refractivity (Wildman–Crippen MR) is 85.8 cm³/mol. The van der Waals surface area contributed by atoms with E-state index in [0.29, 0.717) is 13.0 Å². The van der Waals surface area contributed by atoms with Crippen LogP contribution in [0.3, 0.4) is 0 Å². The number of para-hydroxylation sites is 2. The second-order valence-corrected chi connectivity index (χ2v) is 5.55. The van der Waals surface area contributed by atoms with Crippen LogP contribution in [0.2, 0.25) is 0 Å². The summed E-state index contributed by atoms with van der Waals surface area (Å²) >= 11 is 0. The molecule has 0 N–H and O–H groups in total. The van der Waals surface area contributed by atoms with Crippen molar-refractivity contribution in [3.8, 4) is 0 Å². The number of rotatable bonds is 3. The Labute approximate surface area is 129 Å². The van der Waals surface area contributed by atoms with Gasteiger partial charge < -0.3 is 9.64 Å². The minimum Gasteiger partial charge on any atom is -0.371 e. The molecule has 4 nitrogen and oxygen atoms in total. The van der Waals surface area contributed by atoms with Crippen molar-refractivity contribution >= 4 is 23.0 Å². The number of carbonyl (C=O) groups is 1. The normalized spacial score (nSPS) is 20.2. The number of carbonyl (C=O) groups excluding carboxylic acids is 1. The summed E-state index contributed by atoms with van der Waals surface area (Å²) in [5.41, 5.74) is 3.52. The lowest BCUT2D eigenvalue weighted by Gasteiger charge is -2.21. The van der Waals surface area contributed by atoms with Gasteiger partial charge in [-0.2, -0.15) is 0 Å². The molecule has 1 fully saturated rings. The number of amides is 1. The van der Waals surface area contributed by atoms with Crippen LogP contribution >= 0.6 is 0 Å². The first-order valence-corrected chi connectivity index (χ1v) is 7.45. The molecule has 22 heavy (non-hydrogen) atoms. The number of aliphatic imine (C=N–C) groups is 1. The third-order valence-electron chi connectivity index (χ3n) is 3.94. The summed E-state index contributed by atoms with van der Waals surface area (Å²) in [5, 5.41) is 0. The molecule has 1 saturated heterocycles. The van der Waals surface area contributed by atoms with Crippen LogP contribution in [0.1, 0.15) is 12.0 Å². The van der Waals surface area contributed by atoms with Gasteiger partial charge in [0.1, 0.15) is 0 Å². The van der Waals surface area contributed by atoms with Crippen molar-refractivity contribution < 1.29 is 9.53 Å². The molecule has 2 aliphatic heterocycles. The molecule has 0 spiro atoms. The molecule has 1 unspecified atom stereocenters. The van der Waals surface area contributed by atoms with E-state index >= 15 is 0 Å². The molecule has 0 saturated carbocycles. The zero-order chi connectivity index (χ0) is 14.9. The molecule has 0 radical (unpaired) electrons. The topological polar surface area (TPSA) is 45.2 Å². The second-order valence-electron chi connectivity index (χ2n) is 5.55. The fourth-order valence-electron chi connectivity index (χ4n) is 2.72. The number of epoxide rings is 1. The summed E-state index contributed by atoms with van der Waals surface area (Å²) in [6.07, 6.45) is 0.473. The zero-order valence-electron chi connectivity index (χ0n) is 12.1. The Kier molecular flexibility index (Phi) is 3.24. The maximum atomic E-state index is 12.7. The van der Waals surface area contributed by atoms with Crippen LogP contribution in [0.4, 0.5) is 11.4 Å². The average Bonchev–Trinajstić information content (AvgIpc) is 3.38. The van der Waals surface area contributed by atoms with Crippen molar-refractivity contribution in [1.82, 2.24) is 0 Å². The largest absolute Gasteiger partial charge is 0.371 e. The number of nitrogens with zero attached hydrogens (tertiary/aromatic N) is 2. The van der Waals surface area contributed by atoms with Crippen LogP contribution in [0.25, 0.3) is 0 Å². The minimum atomic E-state index is 0.0723. The molecule has 1 amide bonds. The SMILES string of the molecule is O=C1CC(c2ccccc2)=Nc2ccccc2N1CC1CO1. The number of fused-ring (bicyclic) bond motifs is 1. The van der Waals surface area contributed by atoms with Gasteiger partial charge in [-0.3, -0.25) is 9.79 Å². The monoisotopic (exact) mass is 292 g/mol. The van der Waals surface area contributed by atoms with Gasteiger partial charge in [0, 0.05) is 0 Å². The number of hydrogen-bond acceptors (Lipinski definition) is 3. The first kappa shape index (κ1) is 13.2. The Morgan fingerprint density at radius 2 is 1.82 bits per heavy atom. The molecule has 0 aromatic heterocycles. The Morgan fingerprint density at radius 3 is 2.59 bits per heavy atom. The molecule has 0 aliphatic carbocycles. The van der Waals surface area contributed by atoms with E-state index in [1.165, 1.54) is 0 Å². The molecule has 0 bridgehead atoms. The Bertz CT molecular complexity index is 736. The van der Waals surface area contributed by atoms with Gasteiger partial charge in [-0.15, -0.1) is 0 Å². The zero-order valence-corrected chi connectivity index (χ0v) is 12.1. The maximum absolute atomic E-state index is 12.7. The smallest absolute Gasteiger partial charge is 0.233 e. The molecule has 2 aromatic rings. The van der Waals surface area contributed by atoms with E-state index in [0.717, 1.165) is 29.3 Å². The summed E-state index contributed by atoms with van der Waals surface area (Å²) in [7, 11) is 0. The van der Waals surface area contributed by atoms with E-state index in [9.17, 15) is 4.79 Å². The first-order valence-electron chi connectivity index (χ1n) is 7.45. The third-order valence-corrected chi connectivity index (χ3v) is 3.94. The average molecular weight is 292 g/mol. The molecular formula is C18H16N2O2. The highest BCUT2D eigenvalue weighted by Crippen LogP contribution is 2.33. The molecule has 2 aliphatic rings. The van der Waals surface area contributed by atoms with E-state index in [1.54, 1.807) is 0 Å². The van der Waals surface area contributed by atoms with Gasteiger partial charge >= 0.3 is 0 Å². The van der Waals surface area contributed by atoms with Crippen LogP contribution < -0.4 is 4.90 Å². The van der Waals surface area contributed by atoms with Crippen molar-refractivity contribution in [3.05, 3.63) is 60.2 Å². The van der Waals surface area contributed by atoms with Crippen LogP contribution in [0.15, 0.2) is 59.6 Å². The van der Waals surface area contributed by atoms with Gasteiger partial charge in [-0.25, -0.2) is 0 Å². The van der Waals surface area contributed by atoms with Crippen molar-refractivity contribution in [2.45, 2.75) is 12.5 Å². The predicted octanol–water partition coefficient (Wildman–Crippen LogP) is 2.94. The summed E-state index contributed by atoms with van der Waals surface area (Å²) < 4.78 is 5.30. The van der Waals surface area contributed by atoms with Crippen molar-refractivity contribution in [1.29, 1.82) is 0 Å². The molecule has 2 heterocycles. The summed E-state index contributed by atoms with van der Waals surface area (Å²) in [6.45, 7) is 1.34. The Hall–Kier alpha value is -2.46. The number of anilines is 1. The summed E-state index contributed by atoms with van der Waals surface area (Å²) in [5.74, 6) is 0.0723. The lowest BCUT2D eigenvalue weighted by atomic mass is 10.1. The van der Waals surface area contributed by atoms with Crippen LogP contribution in [-0.4, -0.2) is 30.9 Å². The third kappa shape index (κ3) is 2.53. The first-order chi connectivity index (χ1) is 10.8. The molecule has 4 rings (SSSR count). The van der Waals surface area contributed by atoms with Crippen molar-refractivity contribution in [2.75, 3.05) is 18.1 Å². The maximum Gasteiger partial charge on any atom is 0.233 e. The van der Waals surface area contributed by atoms with Gasteiger partial charge in [0.15, 0.2) is 0 Å². The Balaban J connectivity index is 1.77. The number of ether oxygens (including phenoxy) is 1. The molecule has 1 atom stereocenters. The van der Waals surface area contributed by atoms with Gasteiger partial charge in [0.05, 0.1) is 42.8 Å². The van der Waals surface area contributed by atoms with Crippen molar-refractivity contribution in [3.63, 3.8) is 0 Å². The molecule has 110 valence electrons. The van der Waals surface area contributed by atoms with Crippen LogP contribution in [-0.2, 0) is 9.53 Å². The molecule has 4 heteroatoms. The van der Waals surface area contributed by atoms with Crippen molar-refractivity contribution in [2.24, 2.45) is 4.99 Å². The fraction of sp³-hybridized carbons (Fsp3) is 0.222. The molecular weight excluding hydrogens is 276 g/mol. The van der Waals surface area contributed by atoms with Crippen LogP contribution in [0.5, 0.6) is 0 Å². The number of benzene rings is 2. The molecule has 2 aromatic carbocycles. The summed E-state index contributed by atoms with van der Waals surface area (Å²) in [6, 6.07) is 17.7. The highest BCUT2D eigenvalue weighted by molar-refractivity contribution is 6.17. The Morgan fingerprint density at radius 1 is 1.09 bits per heavy atom. The van der Waals surface area contributed by atoms with Crippen LogP contribution in [0, 0.1) is 0 Å². The van der Waals surface area contributed by atoms with E-state index < -0.39 is 0 Å². The lowest BCUT2D eigenvalue weighted by molar-refractivity contribution is -0.117. The van der Waals surface area contributed by atoms with E-state index in [4.69, 9.17) is 9.73 Å². The standard InChI is InChI=1S/C18H16N2O2/c21-18-10-16(13-6-2-1-3-7-13)19-15-8-4-5-9-17(15)20(18)11-14-12-22-14/h1-9,14H,10-12H2. The fourth-order valence-corrected chi connectivity index (χ4v) is 2.72. The summed E-state index contributed by atoms with van der Waals surface area (Å²) in [4.78, 5) is 19.3. The lowest BCUT2D eigenvalue weighted by Crippen LogP contribution is -2.34. The van der Waals surface area contributed by atoms with Gasteiger partial charge in [0.25, 0.3) is 0 Å². The minimum absolute atomic E-state index is 0.0723. The number of hydrogen-bond donors (Lipinski definition) is 0. The quantitative estimate of drug-likeness (QED) is 0.816. The van der Waals surface area contributed by atoms with Gasteiger partial charge in [-0.1, -0.05) is 42.5 Å². The second kappa shape index (κ2) is 5.39. The van der Waals surface area contributed by atoms with E-state index in [-0.39, 0.29) is 12.0 Å². The van der Waals surface area contributed by atoms with E-state index in [2.05, 4.69) is 0 Å². The van der Waals surface area contributed by atoms with Gasteiger partial charge in [0.2, 0.25) is 5.91 Å². The van der Waals surface area contributed by atoms with E-state index in [1.807, 2.05) is 59.5 Å². The highest BCUT2D eigenvalue weighted by atomic mass is 16.6. The highest BCUT2D eigenvalue weighted by Gasteiger charge is 2.31. The van der Waals surface area contributed by atoms with Gasteiger partial charge in [-0.05, 0) is 17.7 Å².